The Labute approximate surface area is 95.6 Å². The van der Waals surface area contributed by atoms with E-state index in [2.05, 4.69) is 71.7 Å². The molecule has 3 nitrogen and oxygen atoms in total. The topological polar surface area (TPSA) is 9.26 Å². The van der Waals surface area contributed by atoms with E-state index in [0.29, 0.717) is 12.3 Å². The van der Waals surface area contributed by atoms with Crippen LogP contribution in [0.4, 0.5) is 0 Å². The van der Waals surface area contributed by atoms with Crippen LogP contribution in [-0.4, -0.2) is 29.1 Å². The second-order valence-corrected chi connectivity index (χ2v) is 4.50. The van der Waals surface area contributed by atoms with Crippen LogP contribution in [-0.2, 0) is 0 Å². The number of benzene rings is 1. The van der Waals surface area contributed by atoms with Gasteiger partial charge in [-0.3, -0.25) is 5.01 Å². The average molecular weight is 209 g/mol. The summed E-state index contributed by atoms with van der Waals surface area (Å²) in [7, 11) is 2.13. The third kappa shape index (κ3) is 0.957. The van der Waals surface area contributed by atoms with Crippen LogP contribution in [0.2, 0.25) is 0 Å². The molecule has 3 aliphatic heterocycles. The summed E-state index contributed by atoms with van der Waals surface area (Å²) in [6.45, 7) is 0. The summed E-state index contributed by atoms with van der Waals surface area (Å²) in [5, 5.41) is 6.94. The van der Waals surface area contributed by atoms with Gasteiger partial charge < -0.3 is 0 Å². The molecule has 2 saturated heterocycles. The molecule has 78 valence electrons. The molecule has 4 unspecified atom stereocenters. The van der Waals surface area contributed by atoms with Gasteiger partial charge in [0.05, 0.1) is 0 Å². The fourth-order valence-corrected chi connectivity index (χ4v) is 2.54. The number of fused-ring (bicyclic) bond motifs is 4. The van der Waals surface area contributed by atoms with Crippen molar-refractivity contribution in [3.8, 4) is 0 Å². The summed E-state index contributed by atoms with van der Waals surface area (Å²) in [5.74, 6) is 0. The van der Waals surface area contributed by atoms with Gasteiger partial charge in [0, 0.05) is 6.20 Å². The Bertz CT molecular complexity index is 469. The fraction of sp³-hybridized carbons (Fsp3) is 0.167. The van der Waals surface area contributed by atoms with Crippen molar-refractivity contribution in [2.75, 3.05) is 0 Å². The van der Waals surface area contributed by atoms with Gasteiger partial charge in [-0.25, -0.2) is 0 Å². The molecule has 0 bridgehead atoms. The molecular formula is C12H12BN3. The molecule has 0 N–H and O–H groups in total. The van der Waals surface area contributed by atoms with E-state index in [9.17, 15) is 0 Å². The van der Waals surface area contributed by atoms with Gasteiger partial charge in [-0.05, 0) is 17.7 Å². The summed E-state index contributed by atoms with van der Waals surface area (Å²) >= 11 is 0. The third-order valence-corrected chi connectivity index (χ3v) is 3.44. The smallest absolute Gasteiger partial charge is 0.140 e. The van der Waals surface area contributed by atoms with E-state index < -0.39 is 0 Å². The SMILES string of the molecule is Bc1ccc(C2N3C4C=CC=CN4N23)cc1. The lowest BCUT2D eigenvalue weighted by Gasteiger charge is -2.39. The summed E-state index contributed by atoms with van der Waals surface area (Å²) in [4.78, 5) is 0. The summed E-state index contributed by atoms with van der Waals surface area (Å²) in [6, 6.07) is 8.80. The highest BCUT2D eigenvalue weighted by Gasteiger charge is 2.64. The Balaban J connectivity index is 1.63. The first-order valence-corrected chi connectivity index (χ1v) is 5.63. The summed E-state index contributed by atoms with van der Waals surface area (Å²) < 4.78 is 0. The van der Waals surface area contributed by atoms with Crippen LogP contribution >= 0.6 is 0 Å². The largest absolute Gasteiger partial charge is 0.275 e. The number of hydrogen-bond donors (Lipinski definition) is 0. The van der Waals surface area contributed by atoms with Gasteiger partial charge >= 0.3 is 0 Å². The van der Waals surface area contributed by atoms with Crippen LogP contribution in [0.25, 0.3) is 0 Å². The second-order valence-electron chi connectivity index (χ2n) is 4.50. The second kappa shape index (κ2) is 2.78. The van der Waals surface area contributed by atoms with Crippen molar-refractivity contribution >= 4 is 13.3 Å². The van der Waals surface area contributed by atoms with Crippen molar-refractivity contribution < 1.29 is 0 Å². The van der Waals surface area contributed by atoms with Crippen molar-refractivity contribution in [1.29, 1.82) is 0 Å². The van der Waals surface area contributed by atoms with Crippen molar-refractivity contribution in [2.45, 2.75) is 12.3 Å². The van der Waals surface area contributed by atoms with E-state index >= 15 is 0 Å². The van der Waals surface area contributed by atoms with Crippen LogP contribution in [0.3, 0.4) is 0 Å². The third-order valence-electron chi connectivity index (χ3n) is 3.44. The first-order valence-electron chi connectivity index (χ1n) is 5.63. The summed E-state index contributed by atoms with van der Waals surface area (Å²) in [6.07, 6.45) is 9.44. The minimum absolute atomic E-state index is 0.441. The monoisotopic (exact) mass is 209 g/mol. The minimum atomic E-state index is 0.441. The lowest BCUT2D eigenvalue weighted by atomic mass is 9.95. The van der Waals surface area contributed by atoms with Crippen LogP contribution in [0.15, 0.2) is 48.7 Å². The Hall–Kier alpha value is -1.52. The molecule has 0 radical (unpaired) electrons. The molecule has 16 heavy (non-hydrogen) atoms. The van der Waals surface area contributed by atoms with Crippen molar-refractivity contribution in [1.82, 2.24) is 15.1 Å². The van der Waals surface area contributed by atoms with E-state index in [4.69, 9.17) is 0 Å². The van der Waals surface area contributed by atoms with Gasteiger partial charge in [0.15, 0.2) is 0 Å². The molecule has 0 saturated carbocycles. The van der Waals surface area contributed by atoms with Crippen LogP contribution in [0, 0.1) is 0 Å². The first-order chi connectivity index (χ1) is 7.86. The van der Waals surface area contributed by atoms with Crippen molar-refractivity contribution in [3.63, 3.8) is 0 Å². The maximum absolute atomic E-state index is 2.38. The lowest BCUT2D eigenvalue weighted by molar-refractivity contribution is -0.120. The number of hydrogen-bond acceptors (Lipinski definition) is 3. The number of nitrogens with zero attached hydrogens (tertiary/aromatic N) is 3. The molecule has 0 aromatic heterocycles. The van der Waals surface area contributed by atoms with E-state index in [1.807, 2.05) is 0 Å². The molecular weight excluding hydrogens is 197 g/mol. The number of rotatable bonds is 1. The van der Waals surface area contributed by atoms with E-state index in [-0.39, 0.29) is 0 Å². The van der Waals surface area contributed by atoms with Crippen molar-refractivity contribution in [2.24, 2.45) is 0 Å². The molecule has 2 fully saturated rings. The number of hydrazine groups is 2. The summed E-state index contributed by atoms with van der Waals surface area (Å²) in [5.41, 5.74) is 2.70. The molecule has 0 amide bonds. The quantitative estimate of drug-likeness (QED) is 0.480. The molecule has 4 heteroatoms. The highest BCUT2D eigenvalue weighted by molar-refractivity contribution is 6.32. The molecule has 3 heterocycles. The molecule has 3 aliphatic rings. The van der Waals surface area contributed by atoms with Crippen LogP contribution < -0.4 is 5.46 Å². The molecule has 0 aliphatic carbocycles. The maximum Gasteiger partial charge on any atom is 0.140 e. The van der Waals surface area contributed by atoms with Gasteiger partial charge in [-0.2, -0.15) is 5.01 Å². The standard InChI is InChI=1S/C12H12BN3/c13-10-6-4-9(5-7-10)12-15-11-3-1-2-8-14(11)16(12)15/h1-8,11-12H,13H2. The van der Waals surface area contributed by atoms with Crippen LogP contribution in [0.1, 0.15) is 11.7 Å². The molecule has 1 aromatic carbocycles. The zero-order valence-corrected chi connectivity index (χ0v) is 9.12. The number of allylic oxidation sites excluding steroid dienone is 2. The predicted octanol–water partition coefficient (Wildman–Crippen LogP) is 0.116. The Morgan fingerprint density at radius 1 is 1.06 bits per heavy atom. The average Bonchev–Trinajstić information content (AvgIpc) is 2.96. The predicted molar refractivity (Wildman–Crippen MR) is 64.9 cm³/mol. The molecule has 4 rings (SSSR count). The van der Waals surface area contributed by atoms with Crippen LogP contribution in [0.5, 0.6) is 0 Å². The maximum atomic E-state index is 2.38. The van der Waals surface area contributed by atoms with Gasteiger partial charge in [0.2, 0.25) is 0 Å². The van der Waals surface area contributed by atoms with Gasteiger partial charge in [-0.15, -0.1) is 5.12 Å². The Kier molecular flexibility index (Phi) is 1.50. The lowest BCUT2D eigenvalue weighted by Crippen LogP contribution is -2.52. The van der Waals surface area contributed by atoms with Gasteiger partial charge in [-0.1, -0.05) is 35.8 Å². The van der Waals surface area contributed by atoms with Gasteiger partial charge in [0.25, 0.3) is 0 Å². The minimum Gasteiger partial charge on any atom is -0.275 e. The van der Waals surface area contributed by atoms with Crippen molar-refractivity contribution in [3.05, 3.63) is 54.3 Å². The zero-order chi connectivity index (χ0) is 10.7. The van der Waals surface area contributed by atoms with E-state index in [1.54, 1.807) is 0 Å². The highest BCUT2D eigenvalue weighted by Crippen LogP contribution is 2.54. The molecule has 0 spiro atoms. The van der Waals surface area contributed by atoms with E-state index in [0.717, 1.165) is 0 Å². The van der Waals surface area contributed by atoms with E-state index in [1.165, 1.54) is 11.0 Å². The highest BCUT2D eigenvalue weighted by atomic mass is 16.1. The Morgan fingerprint density at radius 3 is 2.62 bits per heavy atom. The Morgan fingerprint density at radius 2 is 1.88 bits per heavy atom. The molecule has 4 atom stereocenters. The molecule has 1 aromatic rings. The first kappa shape index (κ1) is 8.62. The zero-order valence-electron chi connectivity index (χ0n) is 9.12. The normalized spacial score (nSPS) is 37.6. The van der Waals surface area contributed by atoms with Gasteiger partial charge in [0.1, 0.15) is 20.2 Å². The fourth-order valence-electron chi connectivity index (χ4n) is 2.54.